The number of hydrogen-bond acceptors (Lipinski definition) is 3. The van der Waals surface area contributed by atoms with Crippen LogP contribution in [0.3, 0.4) is 0 Å². The van der Waals surface area contributed by atoms with Gasteiger partial charge >= 0.3 is 0 Å². The van der Waals surface area contributed by atoms with Crippen molar-refractivity contribution in [1.82, 2.24) is 0 Å². The Labute approximate surface area is 89.5 Å². The Bertz CT molecular complexity index is 419. The molecule has 0 fully saturated rings. The monoisotopic (exact) mass is 202 g/mol. The molecule has 3 nitrogen and oxygen atoms in total. The van der Waals surface area contributed by atoms with Crippen LogP contribution in [-0.2, 0) is 4.74 Å². The smallest absolute Gasteiger partial charge is 0.224 e. The zero-order valence-electron chi connectivity index (χ0n) is 9.19. The van der Waals surface area contributed by atoms with E-state index in [0.717, 1.165) is 5.69 Å². The zero-order chi connectivity index (χ0) is 10.9. The van der Waals surface area contributed by atoms with Crippen LogP contribution in [0, 0.1) is 0 Å². The molecule has 0 amide bonds. The van der Waals surface area contributed by atoms with Gasteiger partial charge in [-0.1, -0.05) is 18.2 Å². The van der Waals surface area contributed by atoms with Crippen LogP contribution in [0.5, 0.6) is 0 Å². The van der Waals surface area contributed by atoms with Crippen molar-refractivity contribution in [1.29, 1.82) is 0 Å². The van der Waals surface area contributed by atoms with Gasteiger partial charge in [0.25, 0.3) is 0 Å². The average Bonchev–Trinajstić information content (AvgIpc) is 2.41. The maximum absolute atomic E-state index is 5.48. The van der Waals surface area contributed by atoms with Gasteiger partial charge in [-0.25, -0.2) is 9.98 Å². The van der Waals surface area contributed by atoms with Crippen molar-refractivity contribution in [3.63, 3.8) is 0 Å². The molecule has 1 aromatic carbocycles. The SMILES string of the molecule is CC1=NC(C)(C)C(=Nc2ccccc2)O1. The first-order valence-corrected chi connectivity index (χ1v) is 4.96. The molecule has 1 aliphatic rings. The summed E-state index contributed by atoms with van der Waals surface area (Å²) in [5.74, 6) is 1.33. The second-order valence-electron chi connectivity index (χ2n) is 4.04. The van der Waals surface area contributed by atoms with Gasteiger partial charge in [0.1, 0.15) is 5.54 Å². The van der Waals surface area contributed by atoms with Gasteiger partial charge in [0.05, 0.1) is 5.69 Å². The summed E-state index contributed by atoms with van der Waals surface area (Å²) in [7, 11) is 0. The highest BCUT2D eigenvalue weighted by atomic mass is 16.5. The molecule has 3 heteroatoms. The molecule has 0 unspecified atom stereocenters. The summed E-state index contributed by atoms with van der Waals surface area (Å²) >= 11 is 0. The zero-order valence-corrected chi connectivity index (χ0v) is 9.19. The standard InChI is InChI=1S/C12H14N2O/c1-9-14-12(2,3)11(15-9)13-10-7-5-4-6-8-10/h4-8H,1-3H3. The first kappa shape index (κ1) is 9.90. The van der Waals surface area contributed by atoms with Gasteiger partial charge in [-0.3, -0.25) is 0 Å². The molecule has 78 valence electrons. The van der Waals surface area contributed by atoms with E-state index in [4.69, 9.17) is 4.74 Å². The fourth-order valence-corrected chi connectivity index (χ4v) is 1.51. The summed E-state index contributed by atoms with van der Waals surface area (Å²) in [6, 6.07) is 9.76. The second kappa shape index (κ2) is 3.50. The minimum atomic E-state index is -0.347. The van der Waals surface area contributed by atoms with Crippen LogP contribution in [-0.4, -0.2) is 17.3 Å². The van der Waals surface area contributed by atoms with E-state index in [1.165, 1.54) is 0 Å². The van der Waals surface area contributed by atoms with Crippen molar-refractivity contribution in [3.05, 3.63) is 30.3 Å². The molecule has 0 spiro atoms. The lowest BCUT2D eigenvalue weighted by molar-refractivity contribution is 0.526. The Morgan fingerprint density at radius 3 is 2.40 bits per heavy atom. The van der Waals surface area contributed by atoms with Crippen molar-refractivity contribution < 1.29 is 4.74 Å². The molecule has 0 saturated heterocycles. The number of aliphatic imine (C=N–C) groups is 2. The van der Waals surface area contributed by atoms with Crippen LogP contribution in [0.2, 0.25) is 0 Å². The van der Waals surface area contributed by atoms with Gasteiger partial charge in [0, 0.05) is 6.92 Å². The lowest BCUT2D eigenvalue weighted by atomic mass is 10.1. The Balaban J connectivity index is 2.31. The van der Waals surface area contributed by atoms with Gasteiger partial charge in [0.15, 0.2) is 5.90 Å². The summed E-state index contributed by atoms with van der Waals surface area (Å²) < 4.78 is 5.48. The summed E-state index contributed by atoms with van der Waals surface area (Å²) in [5.41, 5.74) is 0.547. The Morgan fingerprint density at radius 1 is 1.20 bits per heavy atom. The van der Waals surface area contributed by atoms with E-state index in [0.29, 0.717) is 11.8 Å². The van der Waals surface area contributed by atoms with Crippen LogP contribution >= 0.6 is 0 Å². The molecular formula is C12H14N2O. The summed E-state index contributed by atoms with van der Waals surface area (Å²) in [6.07, 6.45) is 0. The van der Waals surface area contributed by atoms with E-state index in [1.807, 2.05) is 51.1 Å². The lowest BCUT2D eigenvalue weighted by Crippen LogP contribution is -2.25. The maximum Gasteiger partial charge on any atom is 0.224 e. The maximum atomic E-state index is 5.48. The predicted octanol–water partition coefficient (Wildman–Crippen LogP) is 2.94. The van der Waals surface area contributed by atoms with E-state index in [-0.39, 0.29) is 5.54 Å². The third-order valence-electron chi connectivity index (χ3n) is 2.19. The van der Waals surface area contributed by atoms with Gasteiger partial charge < -0.3 is 4.74 Å². The van der Waals surface area contributed by atoms with Crippen LogP contribution in [0.15, 0.2) is 40.3 Å². The quantitative estimate of drug-likeness (QED) is 0.689. The average molecular weight is 202 g/mol. The molecule has 0 saturated carbocycles. The molecule has 0 aromatic heterocycles. The highest BCUT2D eigenvalue weighted by molar-refractivity contribution is 6.02. The highest BCUT2D eigenvalue weighted by Crippen LogP contribution is 2.23. The number of ether oxygens (including phenoxy) is 1. The molecule has 1 aromatic rings. The van der Waals surface area contributed by atoms with E-state index in [9.17, 15) is 0 Å². The molecule has 0 N–H and O–H groups in total. The van der Waals surface area contributed by atoms with Gasteiger partial charge in [-0.2, -0.15) is 0 Å². The summed E-state index contributed by atoms with van der Waals surface area (Å²) in [5, 5.41) is 0. The van der Waals surface area contributed by atoms with Crippen molar-refractivity contribution in [3.8, 4) is 0 Å². The third-order valence-corrected chi connectivity index (χ3v) is 2.19. The molecular weight excluding hydrogens is 188 g/mol. The highest BCUT2D eigenvalue weighted by Gasteiger charge is 2.33. The normalized spacial score (nSPS) is 21.3. The summed E-state index contributed by atoms with van der Waals surface area (Å²) in [6.45, 7) is 5.83. The van der Waals surface area contributed by atoms with E-state index < -0.39 is 0 Å². The molecule has 1 aliphatic heterocycles. The van der Waals surface area contributed by atoms with Crippen molar-refractivity contribution >= 4 is 17.5 Å². The van der Waals surface area contributed by atoms with Crippen molar-refractivity contribution in [2.45, 2.75) is 26.3 Å². The topological polar surface area (TPSA) is 34.0 Å². The van der Waals surface area contributed by atoms with Gasteiger partial charge in [-0.15, -0.1) is 0 Å². The molecule has 2 rings (SSSR count). The van der Waals surface area contributed by atoms with E-state index in [2.05, 4.69) is 9.98 Å². The second-order valence-corrected chi connectivity index (χ2v) is 4.04. The first-order valence-electron chi connectivity index (χ1n) is 4.96. The molecule has 1 heterocycles. The number of hydrogen-bond donors (Lipinski definition) is 0. The minimum absolute atomic E-state index is 0.347. The Kier molecular flexibility index (Phi) is 2.31. The van der Waals surface area contributed by atoms with E-state index >= 15 is 0 Å². The molecule has 0 radical (unpaired) electrons. The molecule has 15 heavy (non-hydrogen) atoms. The van der Waals surface area contributed by atoms with Crippen LogP contribution < -0.4 is 0 Å². The Hall–Kier alpha value is -1.64. The van der Waals surface area contributed by atoms with Gasteiger partial charge in [-0.05, 0) is 26.0 Å². The van der Waals surface area contributed by atoms with E-state index in [1.54, 1.807) is 0 Å². The molecule has 0 aliphatic carbocycles. The number of rotatable bonds is 1. The van der Waals surface area contributed by atoms with Crippen molar-refractivity contribution in [2.24, 2.45) is 9.98 Å². The first-order chi connectivity index (χ1) is 7.08. The third kappa shape index (κ3) is 2.06. The number of nitrogens with zero attached hydrogens (tertiary/aromatic N) is 2. The number of para-hydroxylation sites is 1. The lowest BCUT2D eigenvalue weighted by Gasteiger charge is -2.12. The summed E-state index contributed by atoms with van der Waals surface area (Å²) in [4.78, 5) is 8.80. The molecule has 0 bridgehead atoms. The minimum Gasteiger partial charge on any atom is -0.427 e. The van der Waals surface area contributed by atoms with Gasteiger partial charge in [0.2, 0.25) is 5.90 Å². The van der Waals surface area contributed by atoms with Crippen LogP contribution in [0.1, 0.15) is 20.8 Å². The van der Waals surface area contributed by atoms with Crippen LogP contribution in [0.4, 0.5) is 5.69 Å². The Morgan fingerprint density at radius 2 is 1.87 bits per heavy atom. The fraction of sp³-hybridized carbons (Fsp3) is 0.333. The predicted molar refractivity (Wildman–Crippen MR) is 61.8 cm³/mol. The largest absolute Gasteiger partial charge is 0.427 e. The fourth-order valence-electron chi connectivity index (χ4n) is 1.51. The number of benzene rings is 1. The van der Waals surface area contributed by atoms with Crippen LogP contribution in [0.25, 0.3) is 0 Å². The molecule has 0 atom stereocenters. The van der Waals surface area contributed by atoms with Crippen molar-refractivity contribution in [2.75, 3.05) is 0 Å².